The van der Waals surface area contributed by atoms with Gasteiger partial charge in [-0.15, -0.1) is 23.2 Å². The van der Waals surface area contributed by atoms with Crippen molar-refractivity contribution in [1.82, 2.24) is 5.32 Å². The number of amides is 2. The van der Waals surface area contributed by atoms with Crippen LogP contribution in [0, 0.1) is 5.92 Å². The SMILES string of the molecule is COC1CCCC(O)(CSCc2cccc(OC(=O)NC(=O)CCl)c2CCl)C1C1(C)OC1CC=C(C)C. The maximum atomic E-state index is 12.0. The van der Waals surface area contributed by atoms with Crippen LogP contribution in [0.2, 0.25) is 0 Å². The highest BCUT2D eigenvalue weighted by Crippen LogP contribution is 2.55. The Bertz CT molecular complexity index is 1000. The molecule has 3 rings (SSSR count). The van der Waals surface area contributed by atoms with E-state index in [1.54, 1.807) is 31.0 Å². The van der Waals surface area contributed by atoms with Crippen LogP contribution in [0.15, 0.2) is 29.8 Å². The molecule has 1 aliphatic carbocycles. The molecule has 0 radical (unpaired) electrons. The summed E-state index contributed by atoms with van der Waals surface area (Å²) >= 11 is 13.2. The fourth-order valence-electron chi connectivity index (χ4n) is 5.37. The number of rotatable bonds is 11. The molecule has 1 heterocycles. The number of thioether (sulfide) groups is 1. The fourth-order valence-corrected chi connectivity index (χ4v) is 7.01. The van der Waals surface area contributed by atoms with Gasteiger partial charge in [0.2, 0.25) is 5.91 Å². The summed E-state index contributed by atoms with van der Waals surface area (Å²) in [5.41, 5.74) is 1.41. The number of alkyl halides is 2. The topological polar surface area (TPSA) is 97.4 Å². The molecule has 7 nitrogen and oxygen atoms in total. The Kier molecular flexibility index (Phi) is 10.8. The number of hydrogen-bond acceptors (Lipinski definition) is 7. The van der Waals surface area contributed by atoms with Crippen LogP contribution in [-0.2, 0) is 25.9 Å². The third kappa shape index (κ3) is 7.43. The van der Waals surface area contributed by atoms with E-state index in [0.29, 0.717) is 23.5 Å². The number of ether oxygens (including phenoxy) is 3. The molecule has 0 bridgehead atoms. The summed E-state index contributed by atoms with van der Waals surface area (Å²) in [6, 6.07) is 5.31. The second kappa shape index (κ2) is 13.2. The summed E-state index contributed by atoms with van der Waals surface area (Å²) in [5, 5.41) is 14.0. The highest BCUT2D eigenvalue weighted by Gasteiger charge is 2.65. The summed E-state index contributed by atoms with van der Waals surface area (Å²) in [5.74, 6) is 0.332. The predicted molar refractivity (Wildman–Crippen MR) is 147 cm³/mol. The van der Waals surface area contributed by atoms with Gasteiger partial charge < -0.3 is 19.3 Å². The lowest BCUT2D eigenvalue weighted by molar-refractivity contribution is -0.127. The van der Waals surface area contributed by atoms with Gasteiger partial charge in [0.1, 0.15) is 17.2 Å². The molecule has 37 heavy (non-hydrogen) atoms. The number of hydrogen-bond donors (Lipinski definition) is 2. The normalized spacial score (nSPS) is 28.9. The minimum absolute atomic E-state index is 0.0631. The van der Waals surface area contributed by atoms with Gasteiger partial charge in [0.15, 0.2) is 0 Å². The molecular weight excluding hydrogens is 537 g/mol. The average molecular weight is 575 g/mol. The Balaban J connectivity index is 1.71. The van der Waals surface area contributed by atoms with Gasteiger partial charge in [0, 0.05) is 30.1 Å². The molecule has 10 heteroatoms. The van der Waals surface area contributed by atoms with Crippen molar-refractivity contribution < 1.29 is 28.9 Å². The Labute approximate surface area is 233 Å². The number of imide groups is 1. The molecule has 0 aromatic heterocycles. The highest BCUT2D eigenvalue weighted by molar-refractivity contribution is 7.98. The van der Waals surface area contributed by atoms with Gasteiger partial charge in [0.05, 0.1) is 23.7 Å². The first kappa shape index (κ1) is 30.3. The maximum absolute atomic E-state index is 12.0. The van der Waals surface area contributed by atoms with Gasteiger partial charge in [-0.3, -0.25) is 10.1 Å². The summed E-state index contributed by atoms with van der Waals surface area (Å²) in [4.78, 5) is 23.4. The molecule has 2 aliphatic rings. The summed E-state index contributed by atoms with van der Waals surface area (Å²) < 4.78 is 17.4. The van der Waals surface area contributed by atoms with E-state index in [1.807, 2.05) is 6.07 Å². The van der Waals surface area contributed by atoms with E-state index in [2.05, 4.69) is 32.2 Å². The number of allylic oxidation sites excluding steroid dienone is 1. The zero-order valence-corrected chi connectivity index (χ0v) is 24.2. The second-order valence-corrected chi connectivity index (χ2v) is 11.7. The monoisotopic (exact) mass is 573 g/mol. The van der Waals surface area contributed by atoms with Gasteiger partial charge >= 0.3 is 6.09 Å². The van der Waals surface area contributed by atoms with Gasteiger partial charge in [-0.05, 0) is 58.1 Å². The van der Waals surface area contributed by atoms with Gasteiger partial charge in [-0.25, -0.2) is 4.79 Å². The van der Waals surface area contributed by atoms with Crippen LogP contribution in [-0.4, -0.2) is 59.3 Å². The summed E-state index contributed by atoms with van der Waals surface area (Å²) in [7, 11) is 1.71. The van der Waals surface area contributed by atoms with E-state index >= 15 is 0 Å². The zero-order valence-electron chi connectivity index (χ0n) is 21.9. The van der Waals surface area contributed by atoms with Crippen LogP contribution in [0.5, 0.6) is 5.75 Å². The minimum Gasteiger partial charge on any atom is -0.410 e. The lowest BCUT2D eigenvalue weighted by atomic mass is 9.67. The van der Waals surface area contributed by atoms with E-state index in [4.69, 9.17) is 37.4 Å². The summed E-state index contributed by atoms with van der Waals surface area (Å²) in [6.07, 6.45) is 4.54. The molecule has 5 unspecified atom stereocenters. The van der Waals surface area contributed by atoms with Crippen LogP contribution >= 0.6 is 35.0 Å². The van der Waals surface area contributed by atoms with E-state index in [9.17, 15) is 14.7 Å². The Morgan fingerprint density at radius 3 is 2.73 bits per heavy atom. The lowest BCUT2D eigenvalue weighted by Crippen LogP contribution is -2.56. The largest absolute Gasteiger partial charge is 0.419 e. The first-order valence-electron chi connectivity index (χ1n) is 12.5. The molecule has 1 saturated carbocycles. The average Bonchev–Trinajstić information content (AvgIpc) is 3.52. The van der Waals surface area contributed by atoms with Crippen molar-refractivity contribution in [3.63, 3.8) is 0 Å². The molecule has 1 aromatic carbocycles. The van der Waals surface area contributed by atoms with Crippen LogP contribution in [0.3, 0.4) is 0 Å². The van der Waals surface area contributed by atoms with Gasteiger partial charge in [-0.1, -0.05) is 23.8 Å². The quantitative estimate of drug-likeness (QED) is 0.203. The number of epoxide rings is 1. The summed E-state index contributed by atoms with van der Waals surface area (Å²) in [6.45, 7) is 6.25. The van der Waals surface area contributed by atoms with Crippen molar-refractivity contribution in [2.75, 3.05) is 18.7 Å². The number of halogens is 2. The standard InChI is InChI=1S/C27H37Cl2NO6S/c1-17(2)10-11-22-26(3,36-22)24-21(34-4)9-6-12-27(24,33)16-37-15-18-7-5-8-20(19(18)13-28)35-25(32)30-23(31)14-29/h5,7-8,10,21-22,24,33H,6,9,11-16H2,1-4H3,(H,30,31,32). The number of carbonyl (C=O) groups excluding carboxylic acids is 2. The van der Waals surface area contributed by atoms with E-state index in [-0.39, 0.29) is 35.6 Å². The molecule has 2 N–H and O–H groups in total. The van der Waals surface area contributed by atoms with E-state index in [1.165, 1.54) is 5.57 Å². The molecule has 0 spiro atoms. The molecule has 1 saturated heterocycles. The van der Waals surface area contributed by atoms with Crippen LogP contribution < -0.4 is 10.1 Å². The first-order valence-corrected chi connectivity index (χ1v) is 14.7. The van der Waals surface area contributed by atoms with Crippen LogP contribution in [0.1, 0.15) is 57.6 Å². The third-order valence-electron chi connectivity index (χ3n) is 7.23. The second-order valence-electron chi connectivity index (χ2n) is 10.1. The molecule has 5 atom stereocenters. The molecule has 1 aromatic rings. The Morgan fingerprint density at radius 1 is 1.32 bits per heavy atom. The Hall–Kier alpha value is -1.29. The van der Waals surface area contributed by atoms with E-state index < -0.39 is 23.2 Å². The third-order valence-corrected chi connectivity index (χ3v) is 8.96. The Morgan fingerprint density at radius 2 is 2.08 bits per heavy atom. The van der Waals surface area contributed by atoms with Crippen LogP contribution in [0.4, 0.5) is 4.79 Å². The number of aliphatic hydroxyl groups is 1. The fraction of sp³-hybridized carbons (Fsp3) is 0.630. The van der Waals surface area contributed by atoms with Crippen LogP contribution in [0.25, 0.3) is 0 Å². The van der Waals surface area contributed by atoms with E-state index in [0.717, 1.165) is 24.8 Å². The number of nitrogens with one attached hydrogen (secondary N) is 1. The first-order chi connectivity index (χ1) is 17.6. The number of carbonyl (C=O) groups is 2. The van der Waals surface area contributed by atoms with Crippen molar-refractivity contribution in [3.8, 4) is 5.75 Å². The smallest absolute Gasteiger partial charge is 0.410 e. The van der Waals surface area contributed by atoms with Crippen molar-refractivity contribution in [2.45, 2.75) is 81.5 Å². The van der Waals surface area contributed by atoms with Crippen molar-refractivity contribution in [2.24, 2.45) is 5.92 Å². The van der Waals surface area contributed by atoms with Crippen molar-refractivity contribution in [1.29, 1.82) is 0 Å². The lowest BCUT2D eigenvalue weighted by Gasteiger charge is -2.46. The highest BCUT2D eigenvalue weighted by atomic mass is 35.5. The molecule has 206 valence electrons. The molecular formula is C27H37Cl2NO6S. The van der Waals surface area contributed by atoms with Crippen molar-refractivity contribution in [3.05, 3.63) is 41.0 Å². The maximum Gasteiger partial charge on any atom is 0.419 e. The number of methoxy groups -OCH3 is 1. The minimum atomic E-state index is -0.949. The molecule has 2 amide bonds. The number of benzene rings is 1. The predicted octanol–water partition coefficient (Wildman–Crippen LogP) is 5.57. The van der Waals surface area contributed by atoms with Gasteiger partial charge in [0.25, 0.3) is 0 Å². The zero-order chi connectivity index (χ0) is 27.2. The van der Waals surface area contributed by atoms with Gasteiger partial charge in [-0.2, -0.15) is 11.8 Å². The molecule has 1 aliphatic heterocycles. The molecule has 2 fully saturated rings. The van der Waals surface area contributed by atoms with Crippen molar-refractivity contribution >= 4 is 47.0 Å².